The minimum atomic E-state index is -0.575. The molecular weight excluding hydrogens is 465 g/mol. The number of phenols is 1. The van der Waals surface area contributed by atoms with Crippen LogP contribution in [0.1, 0.15) is 21.5 Å². The molecule has 0 amide bonds. The Hall–Kier alpha value is -2.34. The third-order valence-corrected chi connectivity index (χ3v) is 5.10. The van der Waals surface area contributed by atoms with Crippen molar-refractivity contribution in [2.24, 2.45) is 4.99 Å². The Morgan fingerprint density at radius 3 is 2.57 bits per heavy atom. The molecule has 0 radical (unpaired) electrons. The second-order valence-electron chi connectivity index (χ2n) is 5.93. The van der Waals surface area contributed by atoms with Gasteiger partial charge in [0.25, 0.3) is 0 Å². The van der Waals surface area contributed by atoms with Crippen molar-refractivity contribution in [3.05, 3.63) is 85.8 Å². The molecule has 0 spiro atoms. The zero-order valence-electron chi connectivity index (χ0n) is 14.6. The monoisotopic (exact) mass is 477 g/mol. The Morgan fingerprint density at radius 2 is 1.86 bits per heavy atom. The van der Waals surface area contributed by atoms with Crippen molar-refractivity contribution in [2.45, 2.75) is 6.92 Å². The number of hydrogen-bond acceptors (Lipinski definition) is 4. The smallest absolute Gasteiger partial charge is 0.343 e. The molecule has 3 aromatic rings. The van der Waals surface area contributed by atoms with Crippen LogP contribution in [-0.4, -0.2) is 17.3 Å². The highest BCUT2D eigenvalue weighted by molar-refractivity contribution is 9.10. The molecule has 3 rings (SSSR count). The third kappa shape index (κ3) is 4.73. The Kier molecular flexibility index (Phi) is 6.39. The number of carbonyl (C=O) groups is 1. The van der Waals surface area contributed by atoms with Gasteiger partial charge in [0.05, 0.1) is 21.3 Å². The van der Waals surface area contributed by atoms with Gasteiger partial charge in [-0.05, 0) is 43.3 Å². The summed E-state index contributed by atoms with van der Waals surface area (Å²) in [6.07, 6.45) is 1.42. The van der Waals surface area contributed by atoms with E-state index in [4.69, 9.17) is 27.9 Å². The van der Waals surface area contributed by atoms with Crippen LogP contribution in [0.25, 0.3) is 0 Å². The average Bonchev–Trinajstić information content (AvgIpc) is 2.66. The summed E-state index contributed by atoms with van der Waals surface area (Å²) in [6, 6.07) is 15.2. The van der Waals surface area contributed by atoms with Crippen molar-refractivity contribution in [2.75, 3.05) is 0 Å². The molecule has 28 heavy (non-hydrogen) atoms. The number of rotatable bonds is 4. The zero-order chi connectivity index (χ0) is 20.3. The van der Waals surface area contributed by atoms with Crippen LogP contribution in [-0.2, 0) is 0 Å². The first kappa shape index (κ1) is 20.4. The number of hydrogen-bond donors (Lipinski definition) is 1. The molecule has 0 aliphatic carbocycles. The maximum Gasteiger partial charge on any atom is 0.343 e. The fraction of sp³-hybridized carbons (Fsp3) is 0.0476. The first-order valence-corrected chi connectivity index (χ1v) is 9.69. The maximum atomic E-state index is 12.3. The van der Waals surface area contributed by atoms with E-state index in [-0.39, 0.29) is 11.5 Å². The molecule has 0 fully saturated rings. The number of carbonyl (C=O) groups excluding carboxylic acids is 1. The van der Waals surface area contributed by atoms with Crippen LogP contribution in [0.2, 0.25) is 10.0 Å². The lowest BCUT2D eigenvalue weighted by molar-refractivity contribution is 0.0729. The molecule has 0 saturated heterocycles. The summed E-state index contributed by atoms with van der Waals surface area (Å²) in [5.41, 5.74) is 2.20. The lowest BCUT2D eigenvalue weighted by Gasteiger charge is -2.09. The summed E-state index contributed by atoms with van der Waals surface area (Å²) in [6.45, 7) is 1.92. The summed E-state index contributed by atoms with van der Waals surface area (Å²) in [4.78, 5) is 16.6. The van der Waals surface area contributed by atoms with Crippen LogP contribution in [0.15, 0.2) is 64.1 Å². The lowest BCUT2D eigenvalue weighted by Crippen LogP contribution is -2.09. The van der Waals surface area contributed by atoms with Crippen molar-refractivity contribution < 1.29 is 14.6 Å². The van der Waals surface area contributed by atoms with Crippen molar-refractivity contribution in [1.29, 1.82) is 0 Å². The number of benzene rings is 3. The van der Waals surface area contributed by atoms with Crippen LogP contribution >= 0.6 is 39.1 Å². The number of aliphatic imine (C=N–C) groups is 1. The van der Waals surface area contributed by atoms with Gasteiger partial charge in [-0.15, -0.1) is 0 Å². The van der Waals surface area contributed by atoms with Crippen molar-refractivity contribution in [3.8, 4) is 11.5 Å². The number of phenolic OH excluding ortho intramolecular Hbond substituents is 1. The van der Waals surface area contributed by atoms with Gasteiger partial charge in [0.1, 0.15) is 0 Å². The highest BCUT2D eigenvalue weighted by Crippen LogP contribution is 2.35. The molecule has 4 nitrogen and oxygen atoms in total. The Labute approximate surface area is 180 Å². The van der Waals surface area contributed by atoms with E-state index in [2.05, 4.69) is 20.9 Å². The lowest BCUT2D eigenvalue weighted by atomic mass is 10.1. The van der Waals surface area contributed by atoms with Crippen molar-refractivity contribution in [1.82, 2.24) is 0 Å². The van der Waals surface area contributed by atoms with Gasteiger partial charge in [-0.3, -0.25) is 4.99 Å². The van der Waals surface area contributed by atoms with E-state index in [1.165, 1.54) is 12.3 Å². The van der Waals surface area contributed by atoms with Gasteiger partial charge in [0.2, 0.25) is 0 Å². The van der Waals surface area contributed by atoms with E-state index in [0.717, 1.165) is 5.56 Å². The summed E-state index contributed by atoms with van der Waals surface area (Å²) in [5, 5.41) is 11.2. The largest absolute Gasteiger partial charge is 0.504 e. The predicted molar refractivity (Wildman–Crippen MR) is 116 cm³/mol. The normalized spacial score (nSPS) is 11.0. The Bertz CT molecular complexity index is 1070. The van der Waals surface area contributed by atoms with E-state index in [0.29, 0.717) is 31.3 Å². The van der Waals surface area contributed by atoms with Crippen LogP contribution in [0.3, 0.4) is 0 Å². The Morgan fingerprint density at radius 1 is 1.14 bits per heavy atom. The molecule has 0 unspecified atom stereocenters. The molecule has 0 bridgehead atoms. The van der Waals surface area contributed by atoms with Gasteiger partial charge in [-0.2, -0.15) is 0 Å². The SMILES string of the molecule is Cc1ccc(C(=O)Oc2cc(Br)cc(C=Nc3cccc(Cl)c3Cl)c2O)cc1. The quantitative estimate of drug-likeness (QED) is 0.256. The van der Waals surface area contributed by atoms with Gasteiger partial charge in [-0.1, -0.05) is 62.9 Å². The molecule has 0 aromatic heterocycles. The highest BCUT2D eigenvalue weighted by Gasteiger charge is 2.15. The molecule has 0 aliphatic rings. The van der Waals surface area contributed by atoms with Gasteiger partial charge >= 0.3 is 5.97 Å². The third-order valence-electron chi connectivity index (χ3n) is 3.83. The average molecular weight is 479 g/mol. The fourth-order valence-corrected chi connectivity index (χ4v) is 3.15. The number of esters is 1. The molecule has 0 aliphatic heterocycles. The topological polar surface area (TPSA) is 58.9 Å². The number of nitrogens with zero attached hydrogens (tertiary/aromatic N) is 1. The number of aromatic hydroxyl groups is 1. The molecule has 0 atom stereocenters. The van der Waals surface area contributed by atoms with Gasteiger partial charge in [-0.25, -0.2) is 4.79 Å². The first-order chi connectivity index (χ1) is 13.3. The van der Waals surface area contributed by atoms with Crippen molar-refractivity contribution >= 4 is 57.0 Å². The minimum absolute atomic E-state index is 0.0126. The number of halogens is 3. The minimum Gasteiger partial charge on any atom is -0.504 e. The van der Waals surface area contributed by atoms with Gasteiger partial charge in [0, 0.05) is 16.3 Å². The fourth-order valence-electron chi connectivity index (χ4n) is 2.35. The molecule has 7 heteroatoms. The molecular formula is C21H14BrCl2NO3. The standard InChI is InChI=1S/C21H14BrCl2NO3/c1-12-5-7-13(8-6-12)21(27)28-18-10-15(22)9-14(20(18)26)11-25-17-4-2-3-16(23)19(17)24/h2-11,26H,1H3. The van der Waals surface area contributed by atoms with Crippen LogP contribution < -0.4 is 4.74 Å². The molecule has 0 heterocycles. The molecule has 1 N–H and O–H groups in total. The molecule has 0 saturated carbocycles. The van der Waals surface area contributed by atoms with Gasteiger partial charge in [0.15, 0.2) is 11.5 Å². The number of ether oxygens (including phenoxy) is 1. The van der Waals surface area contributed by atoms with Crippen LogP contribution in [0.4, 0.5) is 5.69 Å². The van der Waals surface area contributed by atoms with E-state index in [9.17, 15) is 9.90 Å². The van der Waals surface area contributed by atoms with E-state index in [1.54, 1.807) is 36.4 Å². The zero-order valence-corrected chi connectivity index (χ0v) is 17.7. The highest BCUT2D eigenvalue weighted by atomic mass is 79.9. The molecule has 3 aromatic carbocycles. The number of aryl methyl sites for hydroxylation is 1. The summed E-state index contributed by atoms with van der Waals surface area (Å²) in [5.74, 6) is -0.779. The van der Waals surface area contributed by atoms with Crippen molar-refractivity contribution in [3.63, 3.8) is 0 Å². The second kappa shape index (κ2) is 8.78. The molecule has 142 valence electrons. The van der Waals surface area contributed by atoms with E-state index < -0.39 is 5.97 Å². The predicted octanol–water partition coefficient (Wildman–Crippen LogP) is 6.74. The van der Waals surface area contributed by atoms with Gasteiger partial charge < -0.3 is 9.84 Å². The van der Waals surface area contributed by atoms with E-state index in [1.807, 2.05) is 19.1 Å². The van der Waals surface area contributed by atoms with Crippen LogP contribution in [0.5, 0.6) is 11.5 Å². The van der Waals surface area contributed by atoms with Crippen LogP contribution in [0, 0.1) is 6.92 Å². The summed E-state index contributed by atoms with van der Waals surface area (Å²) < 4.78 is 5.97. The summed E-state index contributed by atoms with van der Waals surface area (Å²) >= 11 is 15.4. The maximum absolute atomic E-state index is 12.3. The Balaban J connectivity index is 1.89. The second-order valence-corrected chi connectivity index (χ2v) is 7.63. The van der Waals surface area contributed by atoms with E-state index >= 15 is 0 Å². The summed E-state index contributed by atoms with van der Waals surface area (Å²) in [7, 11) is 0. The first-order valence-electron chi connectivity index (χ1n) is 8.14.